The molecular formula is C11H16BrN3O2S. The average Bonchev–Trinajstić information content (AvgIpc) is 2.35. The average molecular weight is 334 g/mol. The number of thioether (sulfide) groups is 1. The second kappa shape index (κ2) is 8.31. The number of nitro groups is 1. The summed E-state index contributed by atoms with van der Waals surface area (Å²) < 4.78 is 0.626. The minimum Gasteiger partial charge on any atom is -0.369 e. The number of halogens is 1. The highest BCUT2D eigenvalue weighted by Crippen LogP contribution is 2.24. The summed E-state index contributed by atoms with van der Waals surface area (Å²) >= 11 is 5.14. The minimum atomic E-state index is -0.454. The lowest BCUT2D eigenvalue weighted by atomic mass is 10.2. The number of unbranched alkanes of at least 4 members (excludes halogenated alkanes) is 2. The molecule has 100 valence electrons. The van der Waals surface area contributed by atoms with Gasteiger partial charge in [0.2, 0.25) is 0 Å². The third-order valence-electron chi connectivity index (χ3n) is 2.36. The van der Waals surface area contributed by atoms with Crippen molar-refractivity contribution in [2.45, 2.75) is 19.3 Å². The molecule has 0 bridgehead atoms. The molecule has 1 aromatic rings. The van der Waals surface area contributed by atoms with Gasteiger partial charge in [-0.3, -0.25) is 10.1 Å². The smallest absolute Gasteiger partial charge is 0.288 e. The summed E-state index contributed by atoms with van der Waals surface area (Å²) in [6.07, 6.45) is 6.85. The number of hydrogen-bond acceptors (Lipinski definition) is 5. The normalized spacial score (nSPS) is 10.3. The first-order valence-electron chi connectivity index (χ1n) is 5.68. The zero-order valence-corrected chi connectivity index (χ0v) is 12.6. The van der Waals surface area contributed by atoms with Crippen molar-refractivity contribution in [3.8, 4) is 0 Å². The number of nitrogens with zero attached hydrogens (tertiary/aromatic N) is 2. The van der Waals surface area contributed by atoms with Crippen molar-refractivity contribution in [1.82, 2.24) is 4.98 Å². The monoisotopic (exact) mass is 333 g/mol. The summed E-state index contributed by atoms with van der Waals surface area (Å²) in [5.41, 5.74) is -0.00704. The van der Waals surface area contributed by atoms with E-state index in [4.69, 9.17) is 0 Å². The molecule has 18 heavy (non-hydrogen) atoms. The summed E-state index contributed by atoms with van der Waals surface area (Å²) in [6.45, 7) is 0.831. The van der Waals surface area contributed by atoms with Crippen molar-refractivity contribution in [3.63, 3.8) is 0 Å². The first-order chi connectivity index (χ1) is 8.65. The lowest BCUT2D eigenvalue weighted by Gasteiger charge is -2.06. The third kappa shape index (κ3) is 5.22. The molecule has 0 amide bonds. The molecule has 5 nitrogen and oxygen atoms in total. The van der Waals surface area contributed by atoms with Gasteiger partial charge in [-0.15, -0.1) is 0 Å². The molecule has 0 aliphatic rings. The van der Waals surface area contributed by atoms with E-state index in [1.165, 1.54) is 30.9 Å². The van der Waals surface area contributed by atoms with E-state index in [9.17, 15) is 10.1 Å². The number of anilines is 1. The van der Waals surface area contributed by atoms with Crippen LogP contribution in [0.25, 0.3) is 0 Å². The van der Waals surface area contributed by atoms with Crippen molar-refractivity contribution in [2.75, 3.05) is 23.9 Å². The Kier molecular flexibility index (Phi) is 7.04. The molecule has 1 aromatic heterocycles. The van der Waals surface area contributed by atoms with Crippen LogP contribution in [0.5, 0.6) is 0 Å². The summed E-state index contributed by atoms with van der Waals surface area (Å²) in [5.74, 6) is 1.85. The molecule has 7 heteroatoms. The van der Waals surface area contributed by atoms with E-state index in [0.717, 1.165) is 13.0 Å². The van der Waals surface area contributed by atoms with E-state index in [0.29, 0.717) is 10.3 Å². The van der Waals surface area contributed by atoms with E-state index < -0.39 is 4.92 Å². The van der Waals surface area contributed by atoms with Gasteiger partial charge in [-0.2, -0.15) is 11.8 Å². The number of rotatable bonds is 8. The Morgan fingerprint density at radius 3 is 2.89 bits per heavy atom. The molecule has 0 saturated heterocycles. The molecule has 0 aliphatic carbocycles. The van der Waals surface area contributed by atoms with Gasteiger partial charge in [0.15, 0.2) is 0 Å². The van der Waals surface area contributed by atoms with Gasteiger partial charge in [-0.25, -0.2) is 4.98 Å². The van der Waals surface area contributed by atoms with Crippen LogP contribution in [0.15, 0.2) is 16.7 Å². The molecule has 0 aromatic carbocycles. The fraction of sp³-hybridized carbons (Fsp3) is 0.545. The molecule has 0 atom stereocenters. The van der Waals surface area contributed by atoms with Crippen molar-refractivity contribution in [2.24, 2.45) is 0 Å². The maximum atomic E-state index is 10.5. The van der Waals surface area contributed by atoms with Crippen LogP contribution < -0.4 is 5.32 Å². The first-order valence-corrected chi connectivity index (χ1v) is 7.86. The number of nitrogens with one attached hydrogen (secondary N) is 1. The van der Waals surface area contributed by atoms with Gasteiger partial charge in [0.25, 0.3) is 5.69 Å². The van der Waals surface area contributed by atoms with Crippen LogP contribution in [0.1, 0.15) is 19.3 Å². The molecule has 1 rings (SSSR count). The third-order valence-corrected chi connectivity index (χ3v) is 3.66. The predicted molar refractivity (Wildman–Crippen MR) is 79.3 cm³/mol. The van der Waals surface area contributed by atoms with Crippen molar-refractivity contribution in [3.05, 3.63) is 26.9 Å². The Labute approximate surface area is 119 Å². The van der Waals surface area contributed by atoms with Crippen molar-refractivity contribution in [1.29, 1.82) is 0 Å². The topological polar surface area (TPSA) is 68.1 Å². The van der Waals surface area contributed by atoms with Crippen LogP contribution in [0.3, 0.4) is 0 Å². The Morgan fingerprint density at radius 1 is 1.50 bits per heavy atom. The van der Waals surface area contributed by atoms with Gasteiger partial charge >= 0.3 is 0 Å². The minimum absolute atomic E-state index is 0.00704. The first kappa shape index (κ1) is 15.2. The van der Waals surface area contributed by atoms with Gasteiger partial charge in [-0.05, 0) is 40.8 Å². The number of pyridine rings is 1. The Morgan fingerprint density at radius 2 is 2.28 bits per heavy atom. The van der Waals surface area contributed by atoms with Crippen LogP contribution in [0, 0.1) is 10.1 Å². The van der Waals surface area contributed by atoms with E-state index in [1.54, 1.807) is 0 Å². The van der Waals surface area contributed by atoms with E-state index in [-0.39, 0.29) is 5.69 Å². The largest absolute Gasteiger partial charge is 0.369 e. The fourth-order valence-electron chi connectivity index (χ4n) is 1.41. The van der Waals surface area contributed by atoms with Gasteiger partial charge in [0.1, 0.15) is 12.0 Å². The van der Waals surface area contributed by atoms with Gasteiger partial charge in [-0.1, -0.05) is 6.42 Å². The standard InChI is InChI=1S/C11H16BrN3O2S/c1-18-6-4-2-3-5-13-11-10(12)7-9(8-14-11)15(16)17/h7-8H,2-6H2,1H3,(H,13,14). The SMILES string of the molecule is CSCCCCCNc1ncc([N+](=O)[O-])cc1Br. The molecule has 0 unspecified atom stereocenters. The molecule has 1 N–H and O–H groups in total. The lowest BCUT2D eigenvalue weighted by molar-refractivity contribution is -0.385. The van der Waals surface area contributed by atoms with Crippen LogP contribution in [-0.4, -0.2) is 28.5 Å². The summed E-state index contributed by atoms with van der Waals surface area (Å²) in [5, 5.41) is 13.7. The molecular weight excluding hydrogens is 318 g/mol. The summed E-state index contributed by atoms with van der Waals surface area (Å²) in [4.78, 5) is 14.1. The molecule has 0 spiro atoms. The van der Waals surface area contributed by atoms with Crippen LogP contribution in [0.2, 0.25) is 0 Å². The highest BCUT2D eigenvalue weighted by Gasteiger charge is 2.09. The summed E-state index contributed by atoms with van der Waals surface area (Å²) in [6, 6.07) is 1.46. The second-order valence-electron chi connectivity index (χ2n) is 3.76. The molecule has 0 saturated carbocycles. The highest BCUT2D eigenvalue weighted by molar-refractivity contribution is 9.10. The van der Waals surface area contributed by atoms with Crippen molar-refractivity contribution < 1.29 is 4.92 Å². The number of aromatic nitrogens is 1. The van der Waals surface area contributed by atoms with Crippen LogP contribution in [-0.2, 0) is 0 Å². The van der Waals surface area contributed by atoms with E-state index >= 15 is 0 Å². The highest BCUT2D eigenvalue weighted by atomic mass is 79.9. The molecule has 1 heterocycles. The maximum Gasteiger partial charge on any atom is 0.288 e. The second-order valence-corrected chi connectivity index (χ2v) is 5.60. The Bertz CT molecular complexity index is 404. The van der Waals surface area contributed by atoms with Gasteiger partial charge in [0, 0.05) is 12.6 Å². The van der Waals surface area contributed by atoms with E-state index in [1.807, 2.05) is 11.8 Å². The van der Waals surface area contributed by atoms with E-state index in [2.05, 4.69) is 32.5 Å². The quantitative estimate of drug-likeness (QED) is 0.446. The number of hydrogen-bond donors (Lipinski definition) is 1. The Hall–Kier alpha value is -0.820. The Balaban J connectivity index is 2.36. The van der Waals surface area contributed by atoms with Crippen LogP contribution in [0.4, 0.5) is 11.5 Å². The maximum absolute atomic E-state index is 10.5. The molecule has 0 radical (unpaired) electrons. The van der Waals surface area contributed by atoms with Crippen molar-refractivity contribution >= 4 is 39.2 Å². The van der Waals surface area contributed by atoms with Gasteiger partial charge in [0.05, 0.1) is 9.40 Å². The predicted octanol–water partition coefficient (Wildman–Crippen LogP) is 3.70. The fourth-order valence-corrected chi connectivity index (χ4v) is 2.38. The zero-order chi connectivity index (χ0) is 13.4. The molecule has 0 fully saturated rings. The van der Waals surface area contributed by atoms with Crippen LogP contribution >= 0.6 is 27.7 Å². The van der Waals surface area contributed by atoms with Gasteiger partial charge < -0.3 is 5.32 Å². The molecule has 0 aliphatic heterocycles. The lowest BCUT2D eigenvalue weighted by Crippen LogP contribution is -2.04. The zero-order valence-electron chi connectivity index (χ0n) is 10.2. The summed E-state index contributed by atoms with van der Waals surface area (Å²) in [7, 11) is 0.